The molecular weight excluding hydrogens is 266 g/mol. The topological polar surface area (TPSA) is 28.2 Å². The van der Waals surface area contributed by atoms with E-state index in [4.69, 9.17) is 4.98 Å². The van der Waals surface area contributed by atoms with E-state index in [1.54, 1.807) is 0 Å². The highest BCUT2D eigenvalue weighted by atomic mass is 32.1. The number of anilines is 1. The average molecular weight is 295 g/mol. The summed E-state index contributed by atoms with van der Waals surface area (Å²) in [6, 6.07) is 0.613. The van der Waals surface area contributed by atoms with Crippen LogP contribution in [0.3, 0.4) is 0 Å². The van der Waals surface area contributed by atoms with Crippen molar-refractivity contribution in [2.24, 2.45) is 5.92 Å². The monoisotopic (exact) mass is 295 g/mol. The highest BCUT2D eigenvalue weighted by Gasteiger charge is 2.28. The number of rotatable bonds is 5. The van der Waals surface area contributed by atoms with Crippen molar-refractivity contribution in [3.05, 3.63) is 10.6 Å². The largest absolute Gasteiger partial charge is 0.345 e. The van der Waals surface area contributed by atoms with Crippen LogP contribution in [0.1, 0.15) is 63.9 Å². The summed E-state index contributed by atoms with van der Waals surface area (Å²) in [5.41, 5.74) is 1.29. The summed E-state index contributed by atoms with van der Waals surface area (Å²) in [6.07, 6.45) is 2.65. The van der Waals surface area contributed by atoms with Crippen LogP contribution in [-0.4, -0.2) is 24.1 Å². The maximum Gasteiger partial charge on any atom is 0.186 e. The first-order chi connectivity index (χ1) is 9.54. The molecule has 1 N–H and O–H groups in total. The first-order valence-corrected chi connectivity index (χ1v) is 8.83. The summed E-state index contributed by atoms with van der Waals surface area (Å²) in [4.78, 5) is 8.92. The molecule has 3 nitrogen and oxygen atoms in total. The van der Waals surface area contributed by atoms with Crippen molar-refractivity contribution in [1.29, 1.82) is 0 Å². The Morgan fingerprint density at radius 1 is 1.40 bits per heavy atom. The molecule has 1 saturated heterocycles. The molecule has 2 rings (SSSR count). The second kappa shape index (κ2) is 6.90. The van der Waals surface area contributed by atoms with E-state index >= 15 is 0 Å². The van der Waals surface area contributed by atoms with Gasteiger partial charge in [-0.2, -0.15) is 0 Å². The lowest BCUT2D eigenvalue weighted by Gasteiger charge is -2.37. The zero-order valence-electron chi connectivity index (χ0n) is 13.6. The molecule has 0 radical (unpaired) electrons. The van der Waals surface area contributed by atoms with Crippen molar-refractivity contribution < 1.29 is 0 Å². The molecule has 2 heterocycles. The zero-order valence-corrected chi connectivity index (χ0v) is 14.4. The quantitative estimate of drug-likeness (QED) is 0.890. The third-order valence-electron chi connectivity index (χ3n) is 4.42. The number of thiazole rings is 1. The molecule has 20 heavy (non-hydrogen) atoms. The Morgan fingerprint density at radius 2 is 2.15 bits per heavy atom. The Labute approximate surface area is 127 Å². The lowest BCUT2D eigenvalue weighted by Crippen LogP contribution is -2.42. The summed E-state index contributed by atoms with van der Waals surface area (Å²) in [5, 5.41) is 4.68. The molecule has 1 aliphatic rings. The van der Waals surface area contributed by atoms with Gasteiger partial charge in [0.2, 0.25) is 0 Å². The van der Waals surface area contributed by atoms with Crippen molar-refractivity contribution in [3.8, 4) is 0 Å². The normalized spacial score (nSPS) is 23.6. The fourth-order valence-electron chi connectivity index (χ4n) is 2.90. The minimum Gasteiger partial charge on any atom is -0.345 e. The predicted octanol–water partition coefficient (Wildman–Crippen LogP) is 4.00. The van der Waals surface area contributed by atoms with Crippen LogP contribution in [-0.2, 0) is 6.54 Å². The van der Waals surface area contributed by atoms with Gasteiger partial charge >= 0.3 is 0 Å². The Kier molecular flexibility index (Phi) is 5.44. The van der Waals surface area contributed by atoms with Gasteiger partial charge in [0, 0.05) is 24.0 Å². The number of hydrogen-bond donors (Lipinski definition) is 1. The highest BCUT2D eigenvalue weighted by molar-refractivity contribution is 7.15. The first-order valence-electron chi connectivity index (χ1n) is 8.01. The maximum atomic E-state index is 4.98. The van der Waals surface area contributed by atoms with Crippen LogP contribution < -0.4 is 10.2 Å². The molecule has 0 bridgehead atoms. The van der Waals surface area contributed by atoms with E-state index in [0.717, 1.165) is 25.6 Å². The zero-order chi connectivity index (χ0) is 14.7. The summed E-state index contributed by atoms with van der Waals surface area (Å²) >= 11 is 1.89. The van der Waals surface area contributed by atoms with Crippen molar-refractivity contribution in [2.75, 3.05) is 18.0 Å². The molecule has 1 fully saturated rings. The molecule has 1 aliphatic heterocycles. The molecule has 0 amide bonds. The molecule has 4 heteroatoms. The second-order valence-electron chi connectivity index (χ2n) is 6.29. The van der Waals surface area contributed by atoms with Gasteiger partial charge in [0.25, 0.3) is 0 Å². The third kappa shape index (κ3) is 3.34. The van der Waals surface area contributed by atoms with Crippen LogP contribution in [0.2, 0.25) is 0 Å². The fourth-order valence-corrected chi connectivity index (χ4v) is 4.19. The van der Waals surface area contributed by atoms with Crippen molar-refractivity contribution in [1.82, 2.24) is 10.3 Å². The highest BCUT2D eigenvalue weighted by Crippen LogP contribution is 2.35. The van der Waals surface area contributed by atoms with Gasteiger partial charge in [0.1, 0.15) is 0 Å². The second-order valence-corrected chi connectivity index (χ2v) is 7.36. The van der Waals surface area contributed by atoms with E-state index in [9.17, 15) is 0 Å². The van der Waals surface area contributed by atoms with E-state index in [1.807, 2.05) is 11.3 Å². The Bertz CT molecular complexity index is 427. The van der Waals surface area contributed by atoms with E-state index in [2.05, 4.69) is 44.8 Å². The van der Waals surface area contributed by atoms with Crippen LogP contribution >= 0.6 is 11.3 Å². The van der Waals surface area contributed by atoms with Crippen LogP contribution in [0.4, 0.5) is 5.13 Å². The van der Waals surface area contributed by atoms with Gasteiger partial charge in [-0.1, -0.05) is 27.7 Å². The van der Waals surface area contributed by atoms with Crippen molar-refractivity contribution >= 4 is 16.5 Å². The van der Waals surface area contributed by atoms with Gasteiger partial charge < -0.3 is 10.2 Å². The number of hydrogen-bond acceptors (Lipinski definition) is 4. The number of nitrogens with one attached hydrogen (secondary N) is 1. The Hall–Kier alpha value is -0.610. The molecule has 114 valence electrons. The van der Waals surface area contributed by atoms with E-state index in [0.29, 0.717) is 12.0 Å². The molecule has 2 atom stereocenters. The molecule has 1 aromatic rings. The van der Waals surface area contributed by atoms with Gasteiger partial charge in [-0.15, -0.1) is 11.3 Å². The minimum atomic E-state index is 0.506. The van der Waals surface area contributed by atoms with Crippen molar-refractivity contribution in [3.63, 3.8) is 0 Å². The minimum absolute atomic E-state index is 0.506. The lowest BCUT2D eigenvalue weighted by atomic mass is 9.92. The third-order valence-corrected chi connectivity index (χ3v) is 5.53. The molecule has 1 aromatic heterocycles. The van der Waals surface area contributed by atoms with Gasteiger partial charge in [-0.3, -0.25) is 0 Å². The van der Waals surface area contributed by atoms with Gasteiger partial charge in [-0.25, -0.2) is 4.98 Å². The summed E-state index contributed by atoms with van der Waals surface area (Å²) < 4.78 is 0. The van der Waals surface area contributed by atoms with Crippen LogP contribution in [0.15, 0.2) is 0 Å². The Balaban J connectivity index is 2.23. The predicted molar refractivity (Wildman–Crippen MR) is 88.8 cm³/mol. The van der Waals surface area contributed by atoms with Gasteiger partial charge in [0.05, 0.1) is 5.69 Å². The van der Waals surface area contributed by atoms with Gasteiger partial charge in [0.15, 0.2) is 5.13 Å². The first kappa shape index (κ1) is 15.8. The molecule has 0 spiro atoms. The number of aromatic nitrogens is 1. The van der Waals surface area contributed by atoms with E-state index in [1.165, 1.54) is 28.5 Å². The average Bonchev–Trinajstić information content (AvgIpc) is 2.83. The Morgan fingerprint density at radius 3 is 2.80 bits per heavy atom. The molecule has 2 unspecified atom stereocenters. The van der Waals surface area contributed by atoms with E-state index < -0.39 is 0 Å². The maximum absolute atomic E-state index is 4.98. The van der Waals surface area contributed by atoms with E-state index in [-0.39, 0.29) is 0 Å². The fraction of sp³-hybridized carbons (Fsp3) is 0.812. The molecule has 0 saturated carbocycles. The molecular formula is C16H29N3S. The molecule has 0 aliphatic carbocycles. The smallest absolute Gasteiger partial charge is 0.186 e. The summed E-state index contributed by atoms with van der Waals surface area (Å²) in [6.45, 7) is 14.5. The van der Waals surface area contributed by atoms with Crippen LogP contribution in [0.5, 0.6) is 0 Å². The number of piperidine rings is 1. The lowest BCUT2D eigenvalue weighted by molar-refractivity contribution is 0.363. The SMILES string of the molecule is CCNCc1sc(N2CCCC(C)C2C)nc1C(C)C. The number of nitrogens with zero attached hydrogens (tertiary/aromatic N) is 2. The standard InChI is InChI=1S/C16H29N3S/c1-6-17-10-14-15(11(2)3)18-16(20-14)19-9-7-8-12(4)13(19)5/h11-13,17H,6-10H2,1-5H3. The summed E-state index contributed by atoms with van der Waals surface area (Å²) in [7, 11) is 0. The van der Waals surface area contributed by atoms with Crippen molar-refractivity contribution in [2.45, 2.75) is 66.0 Å². The summed E-state index contributed by atoms with van der Waals surface area (Å²) in [5.74, 6) is 1.28. The van der Waals surface area contributed by atoms with Gasteiger partial charge in [-0.05, 0) is 38.1 Å². The van der Waals surface area contributed by atoms with Crippen LogP contribution in [0.25, 0.3) is 0 Å². The van der Waals surface area contributed by atoms with Crippen LogP contribution in [0, 0.1) is 5.92 Å². The molecule has 0 aromatic carbocycles.